The summed E-state index contributed by atoms with van der Waals surface area (Å²) in [7, 11) is 2.99. The number of hydrogen-bond donors (Lipinski definition) is 2. The lowest BCUT2D eigenvalue weighted by molar-refractivity contribution is -0.113. The molecule has 0 spiro atoms. The smallest absolute Gasteiger partial charge is 0.272 e. The number of rotatable bonds is 7. The minimum Gasteiger partial charge on any atom is -0.493 e. The van der Waals surface area contributed by atoms with Gasteiger partial charge in [0.2, 0.25) is 0 Å². The molecule has 0 radical (unpaired) electrons. The second-order valence-corrected chi connectivity index (χ2v) is 7.95. The van der Waals surface area contributed by atoms with Crippen LogP contribution in [0.1, 0.15) is 15.9 Å². The molecule has 3 aromatic rings. The SMILES string of the molecule is COc1ccc(C(=O)N/C(=C/c2ccc(Br)cc2)C(=O)Nc2cccc(Cl)c2)cc1OC. The second-order valence-electron chi connectivity index (χ2n) is 6.60. The summed E-state index contributed by atoms with van der Waals surface area (Å²) in [5.41, 5.74) is 1.61. The summed E-state index contributed by atoms with van der Waals surface area (Å²) in [5.74, 6) is -0.0742. The molecule has 0 heterocycles. The molecule has 3 aromatic carbocycles. The lowest BCUT2D eigenvalue weighted by Crippen LogP contribution is -2.30. The predicted molar refractivity (Wildman–Crippen MR) is 129 cm³/mol. The van der Waals surface area contributed by atoms with Gasteiger partial charge in [0.15, 0.2) is 11.5 Å². The van der Waals surface area contributed by atoms with Gasteiger partial charge in [-0.05, 0) is 60.2 Å². The molecular formula is C24H20BrClN2O4. The highest BCUT2D eigenvalue weighted by Crippen LogP contribution is 2.27. The van der Waals surface area contributed by atoms with Crippen molar-refractivity contribution in [2.24, 2.45) is 0 Å². The van der Waals surface area contributed by atoms with Crippen LogP contribution in [-0.2, 0) is 4.79 Å². The van der Waals surface area contributed by atoms with Crippen molar-refractivity contribution >= 4 is 51.1 Å². The number of amides is 2. The molecule has 0 aliphatic heterocycles. The molecule has 2 amide bonds. The Balaban J connectivity index is 1.90. The molecule has 2 N–H and O–H groups in total. The summed E-state index contributed by atoms with van der Waals surface area (Å²) < 4.78 is 11.4. The highest BCUT2D eigenvalue weighted by molar-refractivity contribution is 9.10. The average molecular weight is 516 g/mol. The van der Waals surface area contributed by atoms with Crippen LogP contribution in [0.25, 0.3) is 6.08 Å². The number of anilines is 1. The van der Waals surface area contributed by atoms with Crippen molar-refractivity contribution in [3.63, 3.8) is 0 Å². The Morgan fingerprint density at radius 1 is 0.938 bits per heavy atom. The third-order valence-electron chi connectivity index (χ3n) is 4.40. The molecule has 0 aliphatic carbocycles. The fourth-order valence-electron chi connectivity index (χ4n) is 2.82. The highest BCUT2D eigenvalue weighted by Gasteiger charge is 2.17. The van der Waals surface area contributed by atoms with Crippen molar-refractivity contribution in [3.05, 3.63) is 93.0 Å². The van der Waals surface area contributed by atoms with Crippen molar-refractivity contribution in [3.8, 4) is 11.5 Å². The molecule has 0 saturated heterocycles. The Kier molecular flexibility index (Phi) is 7.92. The van der Waals surface area contributed by atoms with Gasteiger partial charge in [0.05, 0.1) is 14.2 Å². The average Bonchev–Trinajstić information content (AvgIpc) is 2.79. The van der Waals surface area contributed by atoms with E-state index in [0.29, 0.717) is 27.8 Å². The standard InChI is InChI=1S/C24H20BrClN2O4/c1-31-21-11-8-16(13-22(21)32-2)23(29)28-20(12-15-6-9-17(25)10-7-15)24(30)27-19-5-3-4-18(26)14-19/h3-14H,1-2H3,(H,27,30)(H,28,29)/b20-12+. The van der Waals surface area contributed by atoms with Gasteiger partial charge in [-0.1, -0.05) is 45.7 Å². The lowest BCUT2D eigenvalue weighted by atomic mass is 10.1. The van der Waals surface area contributed by atoms with E-state index in [4.69, 9.17) is 21.1 Å². The molecular weight excluding hydrogens is 496 g/mol. The summed E-state index contributed by atoms with van der Waals surface area (Å²) >= 11 is 9.39. The van der Waals surface area contributed by atoms with Crippen LogP contribution in [0.3, 0.4) is 0 Å². The van der Waals surface area contributed by atoms with Crippen molar-refractivity contribution in [2.75, 3.05) is 19.5 Å². The van der Waals surface area contributed by atoms with E-state index in [1.165, 1.54) is 14.2 Å². The van der Waals surface area contributed by atoms with Crippen LogP contribution in [-0.4, -0.2) is 26.0 Å². The van der Waals surface area contributed by atoms with Crippen LogP contribution in [0.2, 0.25) is 5.02 Å². The number of benzene rings is 3. The van der Waals surface area contributed by atoms with Crippen LogP contribution in [0.5, 0.6) is 11.5 Å². The second kappa shape index (κ2) is 10.8. The van der Waals surface area contributed by atoms with Crippen molar-refractivity contribution in [1.82, 2.24) is 5.32 Å². The Labute approximate surface area is 199 Å². The van der Waals surface area contributed by atoms with Crippen molar-refractivity contribution in [2.45, 2.75) is 0 Å². The van der Waals surface area contributed by atoms with Crippen LogP contribution in [0.15, 0.2) is 76.9 Å². The fraction of sp³-hybridized carbons (Fsp3) is 0.0833. The zero-order valence-corrected chi connectivity index (χ0v) is 19.7. The van der Waals surface area contributed by atoms with Gasteiger partial charge in [-0.15, -0.1) is 0 Å². The summed E-state index contributed by atoms with van der Waals surface area (Å²) in [6.07, 6.45) is 1.59. The number of halogens is 2. The largest absolute Gasteiger partial charge is 0.493 e. The Morgan fingerprint density at radius 2 is 1.66 bits per heavy atom. The van der Waals surface area contributed by atoms with Crippen LogP contribution < -0.4 is 20.1 Å². The van der Waals surface area contributed by atoms with E-state index >= 15 is 0 Å². The quantitative estimate of drug-likeness (QED) is 0.406. The minimum atomic E-state index is -0.496. The van der Waals surface area contributed by atoms with Gasteiger partial charge in [0.25, 0.3) is 11.8 Å². The molecule has 32 heavy (non-hydrogen) atoms. The maximum atomic E-state index is 13.0. The van der Waals surface area contributed by atoms with Gasteiger partial charge in [-0.3, -0.25) is 9.59 Å². The first kappa shape index (κ1) is 23.4. The van der Waals surface area contributed by atoms with Gasteiger partial charge >= 0.3 is 0 Å². The molecule has 0 bridgehead atoms. The fourth-order valence-corrected chi connectivity index (χ4v) is 3.28. The molecule has 0 atom stereocenters. The minimum absolute atomic E-state index is 0.0621. The number of methoxy groups -OCH3 is 2. The monoisotopic (exact) mass is 514 g/mol. The Hall–Kier alpha value is -3.29. The first-order valence-electron chi connectivity index (χ1n) is 9.47. The van der Waals surface area contributed by atoms with E-state index < -0.39 is 11.8 Å². The third-order valence-corrected chi connectivity index (χ3v) is 5.17. The summed E-state index contributed by atoms with van der Waals surface area (Å²) in [5, 5.41) is 5.92. The molecule has 8 heteroatoms. The molecule has 0 aliphatic rings. The van der Waals surface area contributed by atoms with E-state index in [9.17, 15) is 9.59 Å². The van der Waals surface area contributed by atoms with Gasteiger partial charge in [0, 0.05) is 20.7 Å². The number of ether oxygens (including phenoxy) is 2. The van der Waals surface area contributed by atoms with Gasteiger partial charge < -0.3 is 20.1 Å². The van der Waals surface area contributed by atoms with Gasteiger partial charge in [-0.25, -0.2) is 0 Å². The van der Waals surface area contributed by atoms with Gasteiger partial charge in [0.1, 0.15) is 5.70 Å². The number of carbonyl (C=O) groups is 2. The number of carbonyl (C=O) groups excluding carboxylic acids is 2. The van der Waals surface area contributed by atoms with Gasteiger partial charge in [-0.2, -0.15) is 0 Å². The summed E-state index contributed by atoms with van der Waals surface area (Å²) in [6.45, 7) is 0. The van der Waals surface area contributed by atoms with Crippen LogP contribution >= 0.6 is 27.5 Å². The molecule has 164 valence electrons. The normalized spacial score (nSPS) is 10.9. The third kappa shape index (κ3) is 6.12. The highest BCUT2D eigenvalue weighted by atomic mass is 79.9. The predicted octanol–water partition coefficient (Wildman–Crippen LogP) is 5.53. The Bertz CT molecular complexity index is 1160. The summed E-state index contributed by atoms with van der Waals surface area (Å²) in [6, 6.07) is 18.8. The molecule has 0 unspecified atom stereocenters. The van der Waals surface area contributed by atoms with E-state index in [2.05, 4.69) is 26.6 Å². The van der Waals surface area contributed by atoms with E-state index in [0.717, 1.165) is 10.0 Å². The molecule has 6 nitrogen and oxygen atoms in total. The maximum Gasteiger partial charge on any atom is 0.272 e. The molecule has 0 aromatic heterocycles. The lowest BCUT2D eigenvalue weighted by Gasteiger charge is -2.13. The van der Waals surface area contributed by atoms with E-state index in [1.54, 1.807) is 48.5 Å². The Morgan fingerprint density at radius 3 is 2.31 bits per heavy atom. The van der Waals surface area contributed by atoms with E-state index in [1.807, 2.05) is 24.3 Å². The topological polar surface area (TPSA) is 76.7 Å². The zero-order valence-electron chi connectivity index (χ0n) is 17.3. The summed E-state index contributed by atoms with van der Waals surface area (Å²) in [4.78, 5) is 25.9. The zero-order chi connectivity index (χ0) is 23.1. The van der Waals surface area contributed by atoms with Crippen molar-refractivity contribution < 1.29 is 19.1 Å². The van der Waals surface area contributed by atoms with E-state index in [-0.39, 0.29) is 5.70 Å². The van der Waals surface area contributed by atoms with Crippen LogP contribution in [0, 0.1) is 0 Å². The first-order chi connectivity index (χ1) is 15.4. The first-order valence-corrected chi connectivity index (χ1v) is 10.6. The molecule has 3 rings (SSSR count). The van der Waals surface area contributed by atoms with Crippen molar-refractivity contribution in [1.29, 1.82) is 0 Å². The van der Waals surface area contributed by atoms with Crippen LogP contribution in [0.4, 0.5) is 5.69 Å². The number of nitrogens with one attached hydrogen (secondary N) is 2. The maximum absolute atomic E-state index is 13.0. The number of hydrogen-bond acceptors (Lipinski definition) is 4. The molecule has 0 fully saturated rings. The molecule has 0 saturated carbocycles.